The minimum Gasteiger partial charge on any atom is -0.348 e. The molecule has 1 unspecified atom stereocenters. The number of nitrogens with zero attached hydrogens (tertiary/aromatic N) is 3. The number of carbonyl (C=O) groups excluding carboxylic acids is 2. The number of carbonyl (C=O) groups is 2. The highest BCUT2D eigenvalue weighted by molar-refractivity contribution is 5.80. The van der Waals surface area contributed by atoms with E-state index < -0.39 is 12.1 Å². The van der Waals surface area contributed by atoms with Gasteiger partial charge in [0.05, 0.1) is 25.3 Å². The smallest absolute Gasteiger partial charge is 0.279 e. The number of nitrogens with one attached hydrogen (secondary N) is 1. The fraction of sp³-hybridized carbons (Fsp3) is 0.870. The third kappa shape index (κ3) is 5.33. The lowest BCUT2D eigenvalue weighted by atomic mass is 9.89. The van der Waals surface area contributed by atoms with Gasteiger partial charge in [-0.05, 0) is 53.4 Å². The van der Waals surface area contributed by atoms with Gasteiger partial charge in [-0.1, -0.05) is 0 Å². The zero-order valence-corrected chi connectivity index (χ0v) is 20.0. The third-order valence-electron chi connectivity index (χ3n) is 7.25. The van der Waals surface area contributed by atoms with E-state index in [0.717, 1.165) is 12.8 Å². The fourth-order valence-electron chi connectivity index (χ4n) is 5.08. The molecule has 0 bridgehead atoms. The quantitative estimate of drug-likeness (QED) is 0.634. The van der Waals surface area contributed by atoms with Gasteiger partial charge in [-0.25, -0.2) is 0 Å². The van der Waals surface area contributed by atoms with Crippen LogP contribution in [-0.4, -0.2) is 96.4 Å². The first-order valence-corrected chi connectivity index (χ1v) is 12.0. The molecule has 0 radical (unpaired) electrons. The van der Waals surface area contributed by atoms with Crippen molar-refractivity contribution in [1.82, 2.24) is 15.1 Å². The maximum atomic E-state index is 13.0. The Kier molecular flexibility index (Phi) is 6.99. The normalized spacial score (nSPS) is 35.5. The Bertz CT molecular complexity index is 790. The Morgan fingerprint density at radius 2 is 1.88 bits per heavy atom. The van der Waals surface area contributed by atoms with Gasteiger partial charge in [-0.15, -0.1) is 0 Å². The average molecular weight is 465 g/mol. The molecule has 33 heavy (non-hydrogen) atoms. The van der Waals surface area contributed by atoms with Crippen LogP contribution >= 0.6 is 0 Å². The molecule has 0 aromatic heterocycles. The van der Waals surface area contributed by atoms with Crippen molar-refractivity contribution in [3.05, 3.63) is 0 Å². The van der Waals surface area contributed by atoms with Crippen molar-refractivity contribution >= 4 is 11.8 Å². The second-order valence-electron chi connectivity index (χ2n) is 10.3. The summed E-state index contributed by atoms with van der Waals surface area (Å²) in [5, 5.41) is 12.6. The Hall–Kier alpha value is -1.77. The van der Waals surface area contributed by atoms with Crippen LogP contribution in [0.5, 0.6) is 0 Å². The monoisotopic (exact) mass is 464 g/mol. The van der Waals surface area contributed by atoms with Gasteiger partial charge in [-0.2, -0.15) is 5.26 Å². The molecule has 4 aliphatic heterocycles. The Morgan fingerprint density at radius 1 is 1.15 bits per heavy atom. The molecule has 184 valence electrons. The van der Waals surface area contributed by atoms with Gasteiger partial charge >= 0.3 is 0 Å². The molecule has 4 aliphatic rings. The highest BCUT2D eigenvalue weighted by Gasteiger charge is 2.48. The van der Waals surface area contributed by atoms with Crippen molar-refractivity contribution in [3.63, 3.8) is 0 Å². The number of hydrogen-bond acceptors (Lipinski definition) is 8. The van der Waals surface area contributed by atoms with Gasteiger partial charge in [0.25, 0.3) is 5.91 Å². The van der Waals surface area contributed by atoms with Crippen LogP contribution in [0.25, 0.3) is 0 Å². The molecule has 5 atom stereocenters. The van der Waals surface area contributed by atoms with Crippen LogP contribution in [-0.2, 0) is 28.5 Å². The van der Waals surface area contributed by atoms with E-state index in [2.05, 4.69) is 18.3 Å². The summed E-state index contributed by atoms with van der Waals surface area (Å²) >= 11 is 0. The van der Waals surface area contributed by atoms with E-state index >= 15 is 0 Å². The molecule has 1 N–H and O–H groups in total. The Labute approximate surface area is 195 Å². The molecule has 4 rings (SSSR count). The molecular weight excluding hydrogens is 428 g/mol. The lowest BCUT2D eigenvalue weighted by Gasteiger charge is -2.40. The van der Waals surface area contributed by atoms with Crippen molar-refractivity contribution < 1.29 is 28.5 Å². The van der Waals surface area contributed by atoms with E-state index in [1.54, 1.807) is 9.80 Å². The predicted molar refractivity (Wildman–Crippen MR) is 117 cm³/mol. The maximum absolute atomic E-state index is 13.0. The molecular formula is C23H36N4O6. The first-order valence-electron chi connectivity index (χ1n) is 12.0. The summed E-state index contributed by atoms with van der Waals surface area (Å²) in [6.07, 6.45) is 1.23. The third-order valence-corrected chi connectivity index (χ3v) is 7.25. The maximum Gasteiger partial charge on any atom is 0.279 e. The summed E-state index contributed by atoms with van der Waals surface area (Å²) in [4.78, 5) is 29.0. The van der Waals surface area contributed by atoms with E-state index in [0.29, 0.717) is 39.1 Å². The molecule has 10 heteroatoms. The van der Waals surface area contributed by atoms with Gasteiger partial charge in [0, 0.05) is 25.2 Å². The molecule has 4 heterocycles. The van der Waals surface area contributed by atoms with E-state index in [9.17, 15) is 14.9 Å². The van der Waals surface area contributed by atoms with E-state index in [-0.39, 0.29) is 48.3 Å². The topological polar surface area (TPSA) is 113 Å². The average Bonchev–Trinajstić information content (AvgIpc) is 3.50. The summed E-state index contributed by atoms with van der Waals surface area (Å²) < 4.78 is 23.3. The van der Waals surface area contributed by atoms with Gasteiger partial charge in [0.2, 0.25) is 12.2 Å². The minimum absolute atomic E-state index is 0.0344. The summed E-state index contributed by atoms with van der Waals surface area (Å²) in [6, 6.07) is 1.90. The number of ether oxygens (including phenoxy) is 4. The van der Waals surface area contributed by atoms with Crippen LogP contribution < -0.4 is 5.32 Å². The summed E-state index contributed by atoms with van der Waals surface area (Å²) in [6.45, 7) is 10.0. The van der Waals surface area contributed by atoms with Gasteiger partial charge < -0.3 is 34.1 Å². The molecule has 0 aromatic carbocycles. The lowest BCUT2D eigenvalue weighted by molar-refractivity contribution is -0.171. The highest BCUT2D eigenvalue weighted by atomic mass is 16.8. The van der Waals surface area contributed by atoms with E-state index in [1.165, 1.54) is 0 Å². The van der Waals surface area contributed by atoms with Crippen molar-refractivity contribution in [3.8, 4) is 6.07 Å². The van der Waals surface area contributed by atoms with Crippen LogP contribution in [0.2, 0.25) is 0 Å². The van der Waals surface area contributed by atoms with Crippen molar-refractivity contribution in [1.29, 1.82) is 5.26 Å². The van der Waals surface area contributed by atoms with Crippen LogP contribution in [0.3, 0.4) is 0 Å². The van der Waals surface area contributed by atoms with Gasteiger partial charge in [0.1, 0.15) is 18.2 Å². The summed E-state index contributed by atoms with van der Waals surface area (Å²) in [7, 11) is 0. The molecule has 0 aromatic rings. The molecule has 4 saturated heterocycles. The number of piperidine rings is 1. The molecule has 10 nitrogen and oxygen atoms in total. The minimum atomic E-state index is -0.936. The van der Waals surface area contributed by atoms with Crippen LogP contribution in [0, 0.1) is 11.3 Å². The zero-order valence-electron chi connectivity index (χ0n) is 20.0. The van der Waals surface area contributed by atoms with E-state index in [1.807, 2.05) is 20.8 Å². The highest BCUT2D eigenvalue weighted by Crippen LogP contribution is 2.32. The largest absolute Gasteiger partial charge is 0.348 e. The lowest BCUT2D eigenvalue weighted by Crippen LogP contribution is -2.56. The number of amides is 2. The van der Waals surface area contributed by atoms with Crippen molar-refractivity contribution in [2.45, 2.75) is 95.3 Å². The van der Waals surface area contributed by atoms with Gasteiger partial charge in [-0.3, -0.25) is 9.59 Å². The second-order valence-corrected chi connectivity index (χ2v) is 10.3. The molecule has 0 spiro atoms. The van der Waals surface area contributed by atoms with Crippen LogP contribution in [0.1, 0.15) is 53.4 Å². The predicted octanol–water partition coefficient (Wildman–Crippen LogP) is 0.753. The molecule has 4 fully saturated rings. The number of likely N-dealkylation sites (tertiary alicyclic amines) is 2. The standard InChI is InChI=1S/C23H36N4O6/c1-15-19(17-14-30-22(2,3)33-17)32-21(31-15)20(29)26-10-7-23(4,8-11-26)25-13-18(28)27-9-5-6-16(27)12-24/h15-17,19,21,25H,5-11,13-14H2,1-4H3/t15-,16+,17+,19+,21?/m1/s1. The molecule has 0 saturated carbocycles. The van der Waals surface area contributed by atoms with Crippen molar-refractivity contribution in [2.24, 2.45) is 0 Å². The van der Waals surface area contributed by atoms with E-state index in [4.69, 9.17) is 18.9 Å². The first kappa shape index (κ1) is 24.4. The van der Waals surface area contributed by atoms with Crippen molar-refractivity contribution in [2.75, 3.05) is 32.8 Å². The second kappa shape index (κ2) is 9.47. The summed E-state index contributed by atoms with van der Waals surface area (Å²) in [5.74, 6) is -0.867. The molecule has 0 aliphatic carbocycles. The van der Waals surface area contributed by atoms with Crippen LogP contribution in [0.15, 0.2) is 0 Å². The number of rotatable bonds is 5. The fourth-order valence-corrected chi connectivity index (χ4v) is 5.08. The molecule has 2 amide bonds. The first-order chi connectivity index (χ1) is 15.6. The Morgan fingerprint density at radius 3 is 2.52 bits per heavy atom. The SMILES string of the molecule is C[C@H]1OC(C(=O)N2CCC(C)(NCC(=O)N3CCC[C@H]3C#N)CC2)O[C@@H]1[C@@H]1COC(C)(C)O1. The Balaban J connectivity index is 1.24. The van der Waals surface area contributed by atoms with Crippen LogP contribution in [0.4, 0.5) is 0 Å². The number of nitriles is 1. The zero-order chi connectivity index (χ0) is 23.8. The summed E-state index contributed by atoms with van der Waals surface area (Å²) in [5.41, 5.74) is -0.248. The number of hydrogen-bond donors (Lipinski definition) is 1. The van der Waals surface area contributed by atoms with Gasteiger partial charge in [0.15, 0.2) is 5.79 Å².